The maximum absolute atomic E-state index is 13.6. The summed E-state index contributed by atoms with van der Waals surface area (Å²) in [7, 11) is 0. The summed E-state index contributed by atoms with van der Waals surface area (Å²) in [6, 6.07) is 12.0. The van der Waals surface area contributed by atoms with Gasteiger partial charge in [0.1, 0.15) is 11.9 Å². The van der Waals surface area contributed by atoms with Gasteiger partial charge < -0.3 is 14.4 Å². The fourth-order valence-electron chi connectivity index (χ4n) is 4.33. The zero-order valence-corrected chi connectivity index (χ0v) is 16.6. The second-order valence-corrected chi connectivity index (χ2v) is 7.73. The van der Waals surface area contributed by atoms with Crippen LogP contribution in [0.1, 0.15) is 36.3 Å². The van der Waals surface area contributed by atoms with Crippen LogP contribution in [0.3, 0.4) is 0 Å². The lowest BCUT2D eigenvalue weighted by Gasteiger charge is -2.39. The minimum absolute atomic E-state index is 0.0367. The summed E-state index contributed by atoms with van der Waals surface area (Å²) in [5.41, 5.74) is 1.49. The summed E-state index contributed by atoms with van der Waals surface area (Å²) in [5, 5.41) is 0. The minimum atomic E-state index is -0.490. The summed E-state index contributed by atoms with van der Waals surface area (Å²) in [6.07, 6.45) is 2.23. The van der Waals surface area contributed by atoms with Gasteiger partial charge in [0.05, 0.1) is 12.0 Å². The molecule has 2 aliphatic heterocycles. The van der Waals surface area contributed by atoms with Crippen molar-refractivity contribution in [3.8, 4) is 5.88 Å². The maximum Gasteiger partial charge on any atom is 0.233 e. The lowest BCUT2D eigenvalue weighted by Crippen LogP contribution is -2.49. The van der Waals surface area contributed by atoms with E-state index in [1.165, 1.54) is 0 Å². The van der Waals surface area contributed by atoms with Crippen LogP contribution in [0.15, 0.2) is 36.4 Å². The monoisotopic (exact) mass is 381 g/mol. The number of hydrogen-bond donors (Lipinski definition) is 0. The van der Waals surface area contributed by atoms with Crippen LogP contribution in [-0.4, -0.2) is 53.2 Å². The molecule has 2 saturated heterocycles. The Balaban J connectivity index is 1.50. The Morgan fingerprint density at radius 2 is 1.93 bits per heavy atom. The van der Waals surface area contributed by atoms with Crippen molar-refractivity contribution in [1.29, 1.82) is 0 Å². The number of carbonyl (C=O) groups excluding carboxylic acids is 1. The minimum Gasteiger partial charge on any atom is -0.472 e. The van der Waals surface area contributed by atoms with E-state index < -0.39 is 5.41 Å². The number of nitrogens with zero attached hydrogens (tertiary/aromatic N) is 3. The molecule has 148 valence electrons. The second-order valence-electron chi connectivity index (χ2n) is 7.73. The Morgan fingerprint density at radius 1 is 1.18 bits per heavy atom. The van der Waals surface area contributed by atoms with E-state index in [9.17, 15) is 4.79 Å². The number of hydrogen-bond acceptors (Lipinski definition) is 5. The first kappa shape index (κ1) is 18.9. The zero-order chi connectivity index (χ0) is 19.6. The number of rotatable bonds is 4. The number of likely N-dealkylation sites (tertiary alicyclic amines) is 1. The van der Waals surface area contributed by atoms with Crippen molar-refractivity contribution in [1.82, 2.24) is 14.9 Å². The van der Waals surface area contributed by atoms with Gasteiger partial charge >= 0.3 is 0 Å². The molecule has 0 aliphatic carbocycles. The molecule has 28 heavy (non-hydrogen) atoms. The van der Waals surface area contributed by atoms with E-state index in [-0.39, 0.29) is 12.0 Å². The van der Waals surface area contributed by atoms with Crippen LogP contribution in [0.25, 0.3) is 0 Å². The maximum atomic E-state index is 13.6. The Kier molecular flexibility index (Phi) is 5.31. The molecule has 0 bridgehead atoms. The average molecular weight is 381 g/mol. The van der Waals surface area contributed by atoms with E-state index in [1.807, 2.05) is 43.0 Å². The smallest absolute Gasteiger partial charge is 0.233 e. The summed E-state index contributed by atoms with van der Waals surface area (Å²) >= 11 is 0. The Hall–Kier alpha value is -2.47. The van der Waals surface area contributed by atoms with Crippen molar-refractivity contribution in [3.05, 3.63) is 53.5 Å². The van der Waals surface area contributed by atoms with E-state index in [2.05, 4.69) is 22.1 Å². The molecule has 6 heteroatoms. The highest BCUT2D eigenvalue weighted by atomic mass is 16.5. The predicted octanol–water partition coefficient (Wildman–Crippen LogP) is 2.82. The molecule has 1 aromatic carbocycles. The molecule has 2 fully saturated rings. The number of benzene rings is 1. The van der Waals surface area contributed by atoms with Crippen LogP contribution in [0.5, 0.6) is 5.88 Å². The largest absolute Gasteiger partial charge is 0.472 e. The molecule has 1 aromatic heterocycles. The molecule has 0 radical (unpaired) electrons. The molecule has 1 atom stereocenters. The fraction of sp³-hybridized carbons (Fsp3) is 0.500. The molecule has 0 saturated carbocycles. The summed E-state index contributed by atoms with van der Waals surface area (Å²) in [6.45, 7) is 6.33. The zero-order valence-electron chi connectivity index (χ0n) is 16.6. The molecule has 6 nitrogen and oxygen atoms in total. The Bertz CT molecular complexity index is 814. The Morgan fingerprint density at radius 3 is 2.64 bits per heavy atom. The number of ether oxygens (including phenoxy) is 2. The summed E-state index contributed by atoms with van der Waals surface area (Å²) in [4.78, 5) is 24.2. The van der Waals surface area contributed by atoms with Crippen LogP contribution in [0, 0.1) is 13.8 Å². The van der Waals surface area contributed by atoms with Crippen molar-refractivity contribution < 1.29 is 14.3 Å². The van der Waals surface area contributed by atoms with Crippen molar-refractivity contribution in [2.75, 3.05) is 26.3 Å². The van der Waals surface area contributed by atoms with Gasteiger partial charge in [-0.15, -0.1) is 0 Å². The van der Waals surface area contributed by atoms with E-state index in [0.29, 0.717) is 38.0 Å². The first-order valence-corrected chi connectivity index (χ1v) is 9.98. The Labute approximate surface area is 165 Å². The quantitative estimate of drug-likeness (QED) is 0.815. The van der Waals surface area contributed by atoms with Crippen LogP contribution in [-0.2, 0) is 14.9 Å². The molecule has 3 heterocycles. The normalized spacial score (nSPS) is 21.5. The highest BCUT2D eigenvalue weighted by molar-refractivity contribution is 5.88. The molecular formula is C22H27N3O3. The number of aromatic nitrogens is 2. The van der Waals surface area contributed by atoms with Gasteiger partial charge in [-0.1, -0.05) is 30.3 Å². The SMILES string of the molecule is Cc1cc(OC2CCN(C(=O)C3(c4ccccc4)CCOCC3)C2)nc(C)n1. The average Bonchev–Trinajstić information content (AvgIpc) is 3.16. The van der Waals surface area contributed by atoms with Crippen molar-refractivity contribution in [3.63, 3.8) is 0 Å². The van der Waals surface area contributed by atoms with Gasteiger partial charge in [0.15, 0.2) is 0 Å². The molecule has 0 spiro atoms. The van der Waals surface area contributed by atoms with Crippen LogP contribution in [0.4, 0.5) is 0 Å². The third-order valence-electron chi connectivity index (χ3n) is 5.74. The fourth-order valence-corrected chi connectivity index (χ4v) is 4.33. The van der Waals surface area contributed by atoms with Crippen molar-refractivity contribution in [2.24, 2.45) is 0 Å². The topological polar surface area (TPSA) is 64.5 Å². The molecule has 2 aromatic rings. The number of aryl methyl sites for hydroxylation is 2. The molecule has 0 N–H and O–H groups in total. The highest BCUT2D eigenvalue weighted by Crippen LogP contribution is 2.37. The first-order valence-electron chi connectivity index (χ1n) is 9.98. The van der Waals surface area contributed by atoms with E-state index in [0.717, 1.165) is 30.5 Å². The van der Waals surface area contributed by atoms with E-state index >= 15 is 0 Å². The van der Waals surface area contributed by atoms with Crippen LogP contribution in [0.2, 0.25) is 0 Å². The van der Waals surface area contributed by atoms with E-state index in [1.54, 1.807) is 0 Å². The first-order chi connectivity index (χ1) is 13.6. The summed E-state index contributed by atoms with van der Waals surface area (Å²) in [5.74, 6) is 1.49. The second kappa shape index (κ2) is 7.87. The molecule has 1 unspecified atom stereocenters. The lowest BCUT2D eigenvalue weighted by atomic mass is 9.73. The van der Waals surface area contributed by atoms with Gasteiger partial charge in [-0.25, -0.2) is 4.98 Å². The number of amides is 1. The predicted molar refractivity (Wildman–Crippen MR) is 105 cm³/mol. The van der Waals surface area contributed by atoms with Gasteiger partial charge in [0.25, 0.3) is 0 Å². The highest BCUT2D eigenvalue weighted by Gasteiger charge is 2.45. The number of carbonyl (C=O) groups is 1. The third-order valence-corrected chi connectivity index (χ3v) is 5.74. The molecule has 1 amide bonds. The van der Waals surface area contributed by atoms with Crippen molar-refractivity contribution >= 4 is 5.91 Å². The molecule has 4 rings (SSSR count). The lowest BCUT2D eigenvalue weighted by molar-refractivity contribution is -0.140. The van der Waals surface area contributed by atoms with Crippen LogP contribution >= 0.6 is 0 Å². The van der Waals surface area contributed by atoms with Gasteiger partial charge in [0.2, 0.25) is 11.8 Å². The van der Waals surface area contributed by atoms with Gasteiger partial charge in [-0.2, -0.15) is 4.98 Å². The standard InChI is InChI=1S/C22H27N3O3/c1-16-14-20(24-17(2)23-16)28-19-8-11-25(15-19)21(26)22(9-12-27-13-10-22)18-6-4-3-5-7-18/h3-7,14,19H,8-13,15H2,1-2H3. The van der Waals surface area contributed by atoms with Gasteiger partial charge in [-0.3, -0.25) is 4.79 Å². The summed E-state index contributed by atoms with van der Waals surface area (Å²) < 4.78 is 11.6. The molecule has 2 aliphatic rings. The van der Waals surface area contributed by atoms with Crippen LogP contribution < -0.4 is 4.74 Å². The third kappa shape index (κ3) is 3.74. The van der Waals surface area contributed by atoms with Gasteiger partial charge in [0, 0.05) is 37.9 Å². The molecular weight excluding hydrogens is 354 g/mol. The van der Waals surface area contributed by atoms with Gasteiger partial charge in [-0.05, 0) is 32.3 Å². The van der Waals surface area contributed by atoms with E-state index in [4.69, 9.17) is 9.47 Å². The van der Waals surface area contributed by atoms with Crippen molar-refractivity contribution in [2.45, 2.75) is 44.6 Å².